The lowest BCUT2D eigenvalue weighted by atomic mass is 10.2. The first-order valence-electron chi connectivity index (χ1n) is 9.36. The first kappa shape index (κ1) is 21.9. The average molecular weight is 519 g/mol. The minimum Gasteiger partial charge on any atom is -0.493 e. The van der Waals surface area contributed by atoms with E-state index in [1.165, 1.54) is 41.1 Å². The van der Waals surface area contributed by atoms with Crippen LogP contribution < -0.4 is 16.6 Å². The van der Waals surface area contributed by atoms with Gasteiger partial charge in [-0.3, -0.25) is 18.6 Å². The molecule has 8 nitrogen and oxygen atoms in total. The summed E-state index contributed by atoms with van der Waals surface area (Å²) >= 11 is 4.14. The van der Waals surface area contributed by atoms with Crippen molar-refractivity contribution in [2.75, 3.05) is 0 Å². The fourth-order valence-corrected chi connectivity index (χ4v) is 4.55. The Hall–Kier alpha value is -3.31. The van der Waals surface area contributed by atoms with Crippen molar-refractivity contribution in [3.05, 3.63) is 95.4 Å². The zero-order valence-corrected chi connectivity index (χ0v) is 19.0. The van der Waals surface area contributed by atoms with Crippen LogP contribution in [0.25, 0.3) is 4.83 Å². The van der Waals surface area contributed by atoms with E-state index in [2.05, 4.69) is 26.2 Å². The molecule has 0 unspecified atom stereocenters. The molecule has 32 heavy (non-hydrogen) atoms. The summed E-state index contributed by atoms with van der Waals surface area (Å²) in [5.74, 6) is -0.970. The molecule has 0 radical (unpaired) electrons. The van der Waals surface area contributed by atoms with Crippen LogP contribution in [0, 0.1) is 12.7 Å². The van der Waals surface area contributed by atoms with Crippen LogP contribution >= 0.6 is 27.3 Å². The van der Waals surface area contributed by atoms with Crippen molar-refractivity contribution in [1.82, 2.24) is 19.3 Å². The Morgan fingerprint density at radius 2 is 2.00 bits per heavy atom. The summed E-state index contributed by atoms with van der Waals surface area (Å²) in [6.07, 6.45) is 2.84. The molecule has 2 N–H and O–H groups in total. The first-order valence-corrected chi connectivity index (χ1v) is 11.0. The van der Waals surface area contributed by atoms with Crippen LogP contribution in [0.15, 0.2) is 56.8 Å². The Bertz CT molecular complexity index is 1460. The van der Waals surface area contributed by atoms with Crippen molar-refractivity contribution in [1.29, 1.82) is 0 Å². The molecule has 0 saturated heterocycles. The number of benzene rings is 1. The summed E-state index contributed by atoms with van der Waals surface area (Å²) in [4.78, 5) is 42.8. The zero-order valence-electron chi connectivity index (χ0n) is 16.6. The zero-order chi connectivity index (χ0) is 23.0. The highest BCUT2D eigenvalue weighted by Gasteiger charge is 2.18. The molecule has 1 aromatic carbocycles. The highest BCUT2D eigenvalue weighted by molar-refractivity contribution is 9.10. The number of fused-ring (bicyclic) bond motifs is 1. The average Bonchev–Trinajstić information content (AvgIpc) is 3.23. The van der Waals surface area contributed by atoms with Gasteiger partial charge in [-0.25, -0.2) is 14.2 Å². The van der Waals surface area contributed by atoms with Gasteiger partial charge in [0.25, 0.3) is 11.5 Å². The molecule has 0 aliphatic heterocycles. The molecule has 0 aliphatic carbocycles. The Labute approximate surface area is 192 Å². The van der Waals surface area contributed by atoms with Crippen LogP contribution in [0.1, 0.15) is 26.4 Å². The van der Waals surface area contributed by atoms with E-state index in [1.807, 2.05) is 0 Å². The number of carbonyl (C=O) groups is 1. The number of amides is 1. The van der Waals surface area contributed by atoms with Crippen molar-refractivity contribution in [2.24, 2.45) is 0 Å². The second-order valence-electron chi connectivity index (χ2n) is 7.03. The van der Waals surface area contributed by atoms with Crippen molar-refractivity contribution in [3.63, 3.8) is 0 Å². The summed E-state index contributed by atoms with van der Waals surface area (Å²) in [6, 6.07) is 7.31. The van der Waals surface area contributed by atoms with Crippen LogP contribution in [0.5, 0.6) is 5.88 Å². The summed E-state index contributed by atoms with van der Waals surface area (Å²) in [6.45, 7) is 1.74. The Morgan fingerprint density at radius 3 is 2.69 bits per heavy atom. The highest BCUT2D eigenvalue weighted by atomic mass is 79.9. The molecule has 0 fully saturated rings. The van der Waals surface area contributed by atoms with Crippen LogP contribution in [-0.4, -0.2) is 25.0 Å². The fraction of sp³-hybridized carbons (Fsp3) is 0.143. The van der Waals surface area contributed by atoms with Crippen LogP contribution in [0.4, 0.5) is 4.39 Å². The van der Waals surface area contributed by atoms with Gasteiger partial charge in [0.15, 0.2) is 0 Å². The first-order chi connectivity index (χ1) is 15.2. The normalized spacial score (nSPS) is 11.1. The highest BCUT2D eigenvalue weighted by Crippen LogP contribution is 2.20. The van der Waals surface area contributed by atoms with E-state index in [4.69, 9.17) is 0 Å². The number of nitrogens with one attached hydrogen (secondary N) is 1. The fourth-order valence-electron chi connectivity index (χ4n) is 3.12. The van der Waals surface area contributed by atoms with Gasteiger partial charge in [-0.05, 0) is 46.1 Å². The summed E-state index contributed by atoms with van der Waals surface area (Å²) in [5, 5.41) is 12.0. The van der Waals surface area contributed by atoms with Crippen molar-refractivity contribution in [2.45, 2.75) is 20.0 Å². The lowest BCUT2D eigenvalue weighted by Crippen LogP contribution is -2.38. The molecule has 0 bridgehead atoms. The maximum absolute atomic E-state index is 13.5. The second kappa shape index (κ2) is 8.67. The molecule has 0 spiro atoms. The predicted molar refractivity (Wildman–Crippen MR) is 121 cm³/mol. The molecule has 11 heteroatoms. The van der Waals surface area contributed by atoms with Crippen molar-refractivity contribution in [3.8, 4) is 5.88 Å². The number of hydrogen-bond acceptors (Lipinski definition) is 6. The number of halogens is 2. The topological polar surface area (TPSA) is 106 Å². The molecule has 0 aliphatic rings. The van der Waals surface area contributed by atoms with Crippen molar-refractivity contribution < 1.29 is 14.3 Å². The van der Waals surface area contributed by atoms with Crippen LogP contribution in [-0.2, 0) is 13.1 Å². The number of aryl methyl sites for hydroxylation is 1. The minimum absolute atomic E-state index is 0.0362. The number of aromatic hydroxyl groups is 1. The Kier molecular flexibility index (Phi) is 5.94. The molecular weight excluding hydrogens is 503 g/mol. The second-order valence-corrected chi connectivity index (χ2v) is 8.91. The Morgan fingerprint density at radius 1 is 1.25 bits per heavy atom. The van der Waals surface area contributed by atoms with E-state index in [-0.39, 0.29) is 28.3 Å². The third kappa shape index (κ3) is 4.21. The standard InChI is InChI=1S/C21H16BrFN4O4S/c1-11-19(30)26(9-12-2-4-15(23)14(22)6-12)21(31)27-10-16(32-20(11)27)18(29)25-8-13-3-5-17(28)24-7-13/h2-7,10H,8-9H2,1H3,(H,24,28)(H,25,29). The van der Waals surface area contributed by atoms with Gasteiger partial charge in [-0.1, -0.05) is 12.1 Å². The number of nitrogens with zero attached hydrogens (tertiary/aromatic N) is 3. The molecule has 1 amide bonds. The number of aromatic nitrogens is 3. The van der Waals surface area contributed by atoms with E-state index >= 15 is 0 Å². The van der Waals surface area contributed by atoms with E-state index in [0.717, 1.165) is 15.9 Å². The Balaban J connectivity index is 1.65. The lowest BCUT2D eigenvalue weighted by Gasteiger charge is -2.08. The third-order valence-corrected chi connectivity index (χ3v) is 6.62. The number of rotatable bonds is 5. The van der Waals surface area contributed by atoms with Gasteiger partial charge in [0.05, 0.1) is 11.0 Å². The molecule has 164 valence electrons. The maximum Gasteiger partial charge on any atom is 0.336 e. The number of carbonyl (C=O) groups excluding carboxylic acids is 1. The molecule has 3 aromatic heterocycles. The van der Waals surface area contributed by atoms with Gasteiger partial charge >= 0.3 is 5.69 Å². The molecule has 4 rings (SSSR count). The number of thiazole rings is 1. The molecule has 4 aromatic rings. The van der Waals surface area contributed by atoms with Gasteiger partial charge in [0.1, 0.15) is 15.5 Å². The summed E-state index contributed by atoms with van der Waals surface area (Å²) in [5.41, 5.74) is 0.536. The van der Waals surface area contributed by atoms with E-state index in [9.17, 15) is 23.9 Å². The number of hydrogen-bond donors (Lipinski definition) is 2. The summed E-state index contributed by atoms with van der Waals surface area (Å²) in [7, 11) is 0. The monoisotopic (exact) mass is 518 g/mol. The van der Waals surface area contributed by atoms with Crippen molar-refractivity contribution >= 4 is 38.0 Å². The van der Waals surface area contributed by atoms with E-state index in [1.54, 1.807) is 13.0 Å². The van der Waals surface area contributed by atoms with Gasteiger partial charge in [0, 0.05) is 30.6 Å². The van der Waals surface area contributed by atoms with E-state index < -0.39 is 23.0 Å². The molecular formula is C21H16BrFN4O4S. The largest absolute Gasteiger partial charge is 0.493 e. The van der Waals surface area contributed by atoms with Crippen LogP contribution in [0.2, 0.25) is 0 Å². The SMILES string of the molecule is Cc1c(=O)n(Cc2ccc(F)c(Br)c2)c(=O)n2cc(C(=O)NCc3ccc(O)nc3)sc12. The molecule has 0 saturated carbocycles. The van der Waals surface area contributed by atoms with Gasteiger partial charge in [-0.2, -0.15) is 0 Å². The summed E-state index contributed by atoms with van der Waals surface area (Å²) < 4.78 is 16.1. The smallest absolute Gasteiger partial charge is 0.336 e. The lowest BCUT2D eigenvalue weighted by molar-refractivity contribution is 0.0954. The van der Waals surface area contributed by atoms with Gasteiger partial charge in [-0.15, -0.1) is 11.3 Å². The van der Waals surface area contributed by atoms with Crippen LogP contribution in [0.3, 0.4) is 0 Å². The third-order valence-electron chi connectivity index (χ3n) is 4.81. The maximum atomic E-state index is 13.5. The van der Waals surface area contributed by atoms with E-state index in [0.29, 0.717) is 21.5 Å². The van der Waals surface area contributed by atoms with Gasteiger partial charge < -0.3 is 10.4 Å². The number of pyridine rings is 1. The van der Waals surface area contributed by atoms with Gasteiger partial charge in [0.2, 0.25) is 5.88 Å². The quantitative estimate of drug-likeness (QED) is 0.422. The predicted octanol–water partition coefficient (Wildman–Crippen LogP) is 2.81. The minimum atomic E-state index is -0.589. The molecule has 3 heterocycles. The molecule has 0 atom stereocenters.